The summed E-state index contributed by atoms with van der Waals surface area (Å²) in [6.45, 7) is 1.83. The third-order valence-electron chi connectivity index (χ3n) is 2.33. The van der Waals surface area contributed by atoms with Crippen LogP contribution in [0.15, 0.2) is 17.3 Å². The lowest BCUT2D eigenvalue weighted by Gasteiger charge is -2.39. The van der Waals surface area contributed by atoms with E-state index < -0.39 is 5.66 Å². The summed E-state index contributed by atoms with van der Waals surface area (Å²) in [6, 6.07) is 0. The minimum absolute atomic E-state index is 0.370. The summed E-state index contributed by atoms with van der Waals surface area (Å²) < 4.78 is 0. The Hall–Kier alpha value is -1.07. The van der Waals surface area contributed by atoms with E-state index in [1.54, 1.807) is 6.20 Å². The van der Waals surface area contributed by atoms with E-state index in [1.165, 1.54) is 0 Å². The molecule has 0 aromatic carbocycles. The minimum Gasteiger partial charge on any atom is -0.370 e. The highest BCUT2D eigenvalue weighted by Crippen LogP contribution is 2.22. The number of nitrogens with zero attached hydrogens (tertiary/aromatic N) is 1. The maximum absolute atomic E-state index is 6.02. The van der Waals surface area contributed by atoms with Crippen molar-refractivity contribution in [3.8, 4) is 0 Å². The molecule has 2 heterocycles. The van der Waals surface area contributed by atoms with Gasteiger partial charge in [-0.2, -0.15) is 0 Å². The lowest BCUT2D eigenvalue weighted by molar-refractivity contribution is 0.239. The van der Waals surface area contributed by atoms with Crippen molar-refractivity contribution in [3.63, 3.8) is 0 Å². The maximum atomic E-state index is 6.02. The molecular weight excluding hydrogens is 154 g/mol. The summed E-state index contributed by atoms with van der Waals surface area (Å²) in [5.41, 5.74) is 10.9. The largest absolute Gasteiger partial charge is 0.370 e. The van der Waals surface area contributed by atoms with E-state index >= 15 is 0 Å². The van der Waals surface area contributed by atoms with Crippen molar-refractivity contribution in [2.24, 2.45) is 22.4 Å². The first-order valence-corrected chi connectivity index (χ1v) is 4.00. The molecule has 0 amide bonds. The lowest BCUT2D eigenvalue weighted by atomic mass is 9.88. The SMILES string of the molecule is NC1=NC(N)(C2CNC2)C=CN1. The Morgan fingerprint density at radius 3 is 2.83 bits per heavy atom. The number of guanidine groups is 1. The summed E-state index contributed by atoms with van der Waals surface area (Å²) in [5.74, 6) is 0.765. The highest BCUT2D eigenvalue weighted by atomic mass is 15.2. The molecule has 0 spiro atoms. The second kappa shape index (κ2) is 2.46. The Morgan fingerprint density at radius 1 is 1.58 bits per heavy atom. The van der Waals surface area contributed by atoms with E-state index in [0.29, 0.717) is 11.9 Å². The third kappa shape index (κ3) is 1.07. The quantitative estimate of drug-likeness (QED) is 0.374. The molecule has 2 aliphatic rings. The molecule has 0 aliphatic carbocycles. The van der Waals surface area contributed by atoms with Crippen LogP contribution in [0.5, 0.6) is 0 Å². The molecule has 5 nitrogen and oxygen atoms in total. The van der Waals surface area contributed by atoms with Gasteiger partial charge in [-0.05, 0) is 6.08 Å². The zero-order chi connectivity index (χ0) is 8.60. The van der Waals surface area contributed by atoms with Crippen LogP contribution >= 0.6 is 0 Å². The molecule has 0 saturated carbocycles. The van der Waals surface area contributed by atoms with Crippen molar-refractivity contribution in [1.29, 1.82) is 0 Å². The van der Waals surface area contributed by atoms with Crippen LogP contribution in [-0.4, -0.2) is 24.7 Å². The molecule has 6 N–H and O–H groups in total. The van der Waals surface area contributed by atoms with Gasteiger partial charge in [0.1, 0.15) is 5.66 Å². The second-order valence-corrected chi connectivity index (χ2v) is 3.22. The third-order valence-corrected chi connectivity index (χ3v) is 2.33. The zero-order valence-electron chi connectivity index (χ0n) is 6.75. The predicted molar refractivity (Wildman–Crippen MR) is 47.2 cm³/mol. The van der Waals surface area contributed by atoms with E-state index in [-0.39, 0.29) is 0 Å². The van der Waals surface area contributed by atoms with Crippen molar-refractivity contribution in [3.05, 3.63) is 12.3 Å². The Kier molecular flexibility index (Phi) is 1.55. The van der Waals surface area contributed by atoms with Gasteiger partial charge in [0, 0.05) is 25.2 Å². The lowest BCUT2D eigenvalue weighted by Crippen LogP contribution is -2.60. The minimum atomic E-state index is -0.597. The summed E-state index contributed by atoms with van der Waals surface area (Å²) in [7, 11) is 0. The van der Waals surface area contributed by atoms with Crippen LogP contribution < -0.4 is 22.1 Å². The van der Waals surface area contributed by atoms with Crippen molar-refractivity contribution in [1.82, 2.24) is 10.6 Å². The van der Waals surface area contributed by atoms with E-state index in [4.69, 9.17) is 11.5 Å². The normalized spacial score (nSPS) is 35.2. The Labute approximate surface area is 70.9 Å². The number of aliphatic imine (C=N–C) groups is 1. The molecular formula is C7H13N5. The van der Waals surface area contributed by atoms with Gasteiger partial charge in [0.25, 0.3) is 0 Å². The van der Waals surface area contributed by atoms with Gasteiger partial charge in [-0.15, -0.1) is 0 Å². The van der Waals surface area contributed by atoms with Crippen LogP contribution in [0.4, 0.5) is 0 Å². The first-order valence-electron chi connectivity index (χ1n) is 4.00. The van der Waals surface area contributed by atoms with Crippen molar-refractivity contribution >= 4 is 5.96 Å². The first-order chi connectivity index (χ1) is 5.71. The fourth-order valence-electron chi connectivity index (χ4n) is 1.38. The molecule has 2 aliphatic heterocycles. The molecule has 0 aromatic heterocycles. The molecule has 0 bridgehead atoms. The summed E-state index contributed by atoms with van der Waals surface area (Å²) in [6.07, 6.45) is 3.61. The van der Waals surface area contributed by atoms with Gasteiger partial charge in [-0.1, -0.05) is 0 Å². The molecule has 0 aromatic rings. The average molecular weight is 167 g/mol. The van der Waals surface area contributed by atoms with E-state index in [0.717, 1.165) is 13.1 Å². The van der Waals surface area contributed by atoms with Gasteiger partial charge < -0.3 is 22.1 Å². The fourth-order valence-corrected chi connectivity index (χ4v) is 1.38. The molecule has 66 valence electrons. The van der Waals surface area contributed by atoms with Crippen LogP contribution in [0.3, 0.4) is 0 Å². The number of hydrogen-bond donors (Lipinski definition) is 4. The van der Waals surface area contributed by atoms with E-state index in [9.17, 15) is 0 Å². The molecule has 5 heteroatoms. The molecule has 1 fully saturated rings. The van der Waals surface area contributed by atoms with Gasteiger partial charge in [-0.25, -0.2) is 4.99 Å². The topological polar surface area (TPSA) is 88.5 Å². The van der Waals surface area contributed by atoms with Crippen molar-refractivity contribution < 1.29 is 0 Å². The number of hydrogen-bond acceptors (Lipinski definition) is 5. The number of nitrogens with two attached hydrogens (primary N) is 2. The number of rotatable bonds is 1. The number of nitrogens with one attached hydrogen (secondary N) is 2. The van der Waals surface area contributed by atoms with E-state index in [1.807, 2.05) is 6.08 Å². The maximum Gasteiger partial charge on any atom is 0.194 e. The van der Waals surface area contributed by atoms with Crippen LogP contribution in [-0.2, 0) is 0 Å². The van der Waals surface area contributed by atoms with Crippen molar-refractivity contribution in [2.45, 2.75) is 5.66 Å². The summed E-state index contributed by atoms with van der Waals surface area (Å²) >= 11 is 0. The average Bonchev–Trinajstić information content (AvgIpc) is 1.79. The van der Waals surface area contributed by atoms with Gasteiger partial charge in [-0.3, -0.25) is 0 Å². The summed E-state index contributed by atoms with van der Waals surface area (Å²) in [5, 5.41) is 5.94. The van der Waals surface area contributed by atoms with Crippen LogP contribution in [0, 0.1) is 5.92 Å². The fraction of sp³-hybridized carbons (Fsp3) is 0.571. The highest BCUT2D eigenvalue weighted by Gasteiger charge is 2.37. The summed E-state index contributed by atoms with van der Waals surface area (Å²) in [4.78, 5) is 4.17. The molecule has 1 atom stereocenters. The molecule has 12 heavy (non-hydrogen) atoms. The molecule has 1 unspecified atom stereocenters. The van der Waals surface area contributed by atoms with Gasteiger partial charge in [0.15, 0.2) is 5.96 Å². The second-order valence-electron chi connectivity index (χ2n) is 3.22. The van der Waals surface area contributed by atoms with Gasteiger partial charge >= 0.3 is 0 Å². The zero-order valence-corrected chi connectivity index (χ0v) is 6.75. The monoisotopic (exact) mass is 167 g/mol. The van der Waals surface area contributed by atoms with Gasteiger partial charge in [0.2, 0.25) is 0 Å². The van der Waals surface area contributed by atoms with Crippen molar-refractivity contribution in [2.75, 3.05) is 13.1 Å². The Bertz CT molecular complexity index is 242. The van der Waals surface area contributed by atoms with Crippen LogP contribution in [0.25, 0.3) is 0 Å². The first kappa shape index (κ1) is 7.57. The van der Waals surface area contributed by atoms with Gasteiger partial charge in [0.05, 0.1) is 0 Å². The molecule has 1 saturated heterocycles. The van der Waals surface area contributed by atoms with Crippen LogP contribution in [0.2, 0.25) is 0 Å². The standard InChI is InChI=1S/C7H13N5/c8-6-11-2-1-7(9,12-6)5-3-10-4-5/h1-2,5,10H,3-4,9H2,(H3,8,11,12). The van der Waals surface area contributed by atoms with Crippen LogP contribution in [0.1, 0.15) is 0 Å². The van der Waals surface area contributed by atoms with E-state index in [2.05, 4.69) is 15.6 Å². The highest BCUT2D eigenvalue weighted by molar-refractivity contribution is 5.80. The molecule has 2 rings (SSSR count). The molecule has 0 radical (unpaired) electrons. The smallest absolute Gasteiger partial charge is 0.194 e. The Morgan fingerprint density at radius 2 is 2.33 bits per heavy atom. The predicted octanol–water partition coefficient (Wildman–Crippen LogP) is -1.71. The Balaban J connectivity index is 2.17.